The Bertz CT molecular complexity index is 906. The Labute approximate surface area is 164 Å². The molecule has 2 aliphatic heterocycles. The molecule has 0 saturated carbocycles. The van der Waals surface area contributed by atoms with Crippen LogP contribution in [-0.2, 0) is 16.0 Å². The molecule has 0 spiro atoms. The fourth-order valence-electron chi connectivity index (χ4n) is 3.51. The Morgan fingerprint density at radius 3 is 2.96 bits per heavy atom. The average Bonchev–Trinajstić information content (AvgIpc) is 3.32. The molecule has 7 heteroatoms. The summed E-state index contributed by atoms with van der Waals surface area (Å²) in [6, 6.07) is 6.03. The third kappa shape index (κ3) is 4.34. The molecular weight excluding hydrogens is 356 g/mol. The SMILES string of the molecule is Cc1cc(C#CCN2CCOC2=O)ccc1-c1cn(CC2CCCCO2)nn1. The normalized spacial score (nSPS) is 19.2. The number of aromatic nitrogens is 3. The molecule has 0 bridgehead atoms. The number of benzene rings is 1. The van der Waals surface area contributed by atoms with Crippen molar-refractivity contribution in [3.63, 3.8) is 0 Å². The summed E-state index contributed by atoms with van der Waals surface area (Å²) in [4.78, 5) is 13.0. The molecule has 1 aromatic heterocycles. The van der Waals surface area contributed by atoms with E-state index in [0.29, 0.717) is 19.7 Å². The molecule has 28 heavy (non-hydrogen) atoms. The van der Waals surface area contributed by atoms with E-state index in [1.54, 1.807) is 4.90 Å². The molecule has 1 amide bonds. The van der Waals surface area contributed by atoms with Crippen LogP contribution in [0.3, 0.4) is 0 Å². The quantitative estimate of drug-likeness (QED) is 0.763. The highest BCUT2D eigenvalue weighted by atomic mass is 16.6. The summed E-state index contributed by atoms with van der Waals surface area (Å²) >= 11 is 0. The number of cyclic esters (lactones) is 1. The van der Waals surface area contributed by atoms with Crippen LogP contribution >= 0.6 is 0 Å². The van der Waals surface area contributed by atoms with Crippen molar-refractivity contribution >= 4 is 6.09 Å². The molecule has 0 radical (unpaired) electrons. The van der Waals surface area contributed by atoms with E-state index in [0.717, 1.165) is 48.4 Å². The van der Waals surface area contributed by atoms with Crippen molar-refractivity contribution in [3.8, 4) is 23.1 Å². The van der Waals surface area contributed by atoms with Gasteiger partial charge in [0.25, 0.3) is 0 Å². The van der Waals surface area contributed by atoms with E-state index in [1.165, 1.54) is 6.42 Å². The highest BCUT2D eigenvalue weighted by molar-refractivity contribution is 5.69. The molecule has 2 fully saturated rings. The molecule has 2 aromatic rings. The molecular formula is C21H24N4O3. The number of amides is 1. The molecule has 1 unspecified atom stereocenters. The first kappa shape index (κ1) is 18.5. The van der Waals surface area contributed by atoms with Gasteiger partial charge >= 0.3 is 6.09 Å². The number of aryl methyl sites for hydroxylation is 1. The minimum atomic E-state index is -0.289. The van der Waals surface area contributed by atoms with Crippen molar-refractivity contribution in [2.75, 3.05) is 26.3 Å². The van der Waals surface area contributed by atoms with Gasteiger partial charge in [-0.25, -0.2) is 9.48 Å². The molecule has 1 aromatic carbocycles. The lowest BCUT2D eigenvalue weighted by Gasteiger charge is -2.21. The molecule has 2 aliphatic rings. The summed E-state index contributed by atoms with van der Waals surface area (Å²) < 4.78 is 12.5. The number of carbonyl (C=O) groups excluding carboxylic acids is 1. The van der Waals surface area contributed by atoms with E-state index < -0.39 is 0 Å². The lowest BCUT2D eigenvalue weighted by molar-refractivity contribution is 0.00370. The predicted molar refractivity (Wildman–Crippen MR) is 104 cm³/mol. The highest BCUT2D eigenvalue weighted by Gasteiger charge is 2.20. The molecule has 146 valence electrons. The number of rotatable bonds is 4. The fourth-order valence-corrected chi connectivity index (χ4v) is 3.51. The first-order valence-corrected chi connectivity index (χ1v) is 9.72. The average molecular weight is 380 g/mol. The van der Waals surface area contributed by atoms with E-state index in [4.69, 9.17) is 9.47 Å². The zero-order valence-corrected chi connectivity index (χ0v) is 16.1. The Kier molecular flexibility index (Phi) is 5.58. The number of ether oxygens (including phenoxy) is 2. The van der Waals surface area contributed by atoms with Crippen molar-refractivity contribution in [3.05, 3.63) is 35.5 Å². The van der Waals surface area contributed by atoms with Crippen LogP contribution in [0, 0.1) is 18.8 Å². The van der Waals surface area contributed by atoms with Crippen LogP contribution in [0.4, 0.5) is 4.79 Å². The van der Waals surface area contributed by atoms with Gasteiger partial charge in [-0.05, 0) is 43.9 Å². The van der Waals surface area contributed by atoms with Crippen molar-refractivity contribution in [2.24, 2.45) is 0 Å². The monoisotopic (exact) mass is 380 g/mol. The highest BCUT2D eigenvalue weighted by Crippen LogP contribution is 2.22. The first-order chi connectivity index (χ1) is 13.7. The molecule has 2 saturated heterocycles. The van der Waals surface area contributed by atoms with E-state index in [1.807, 2.05) is 36.0 Å². The van der Waals surface area contributed by atoms with Crippen molar-refractivity contribution in [2.45, 2.75) is 38.8 Å². The van der Waals surface area contributed by atoms with E-state index in [-0.39, 0.29) is 12.2 Å². The summed E-state index contributed by atoms with van der Waals surface area (Å²) in [6.45, 7) is 5.06. The predicted octanol–water partition coefficient (Wildman–Crippen LogP) is 2.63. The second kappa shape index (κ2) is 8.44. The van der Waals surface area contributed by atoms with E-state index in [9.17, 15) is 4.79 Å². The van der Waals surface area contributed by atoms with Gasteiger partial charge in [0, 0.05) is 17.7 Å². The van der Waals surface area contributed by atoms with Crippen LogP contribution in [0.15, 0.2) is 24.4 Å². The van der Waals surface area contributed by atoms with Gasteiger partial charge in [0.1, 0.15) is 12.3 Å². The van der Waals surface area contributed by atoms with Crippen LogP contribution in [0.25, 0.3) is 11.3 Å². The van der Waals surface area contributed by atoms with Crippen molar-refractivity contribution < 1.29 is 14.3 Å². The minimum Gasteiger partial charge on any atom is -0.448 e. The molecule has 0 N–H and O–H groups in total. The maximum atomic E-state index is 11.4. The van der Waals surface area contributed by atoms with Gasteiger partial charge in [0.05, 0.1) is 31.9 Å². The third-order valence-electron chi connectivity index (χ3n) is 5.05. The van der Waals surface area contributed by atoms with Crippen LogP contribution in [-0.4, -0.2) is 58.4 Å². The standard InChI is InChI=1S/C21H24N4O3/c1-16-13-17(5-4-9-24-10-12-28-21(24)26)7-8-19(16)20-15-25(23-22-20)14-18-6-2-3-11-27-18/h7-8,13,15,18H,2-3,6,9-12,14H2,1H3. The fraction of sp³-hybridized carbons (Fsp3) is 0.476. The summed E-state index contributed by atoms with van der Waals surface area (Å²) in [5, 5.41) is 8.59. The van der Waals surface area contributed by atoms with E-state index in [2.05, 4.69) is 22.2 Å². The summed E-state index contributed by atoms with van der Waals surface area (Å²) in [5.74, 6) is 6.15. The number of hydrogen-bond acceptors (Lipinski definition) is 5. The second-order valence-electron chi connectivity index (χ2n) is 7.18. The third-order valence-corrected chi connectivity index (χ3v) is 5.05. The Hall–Kier alpha value is -2.85. The molecule has 7 nitrogen and oxygen atoms in total. The van der Waals surface area contributed by atoms with Crippen molar-refractivity contribution in [1.82, 2.24) is 19.9 Å². The van der Waals surface area contributed by atoms with Crippen LogP contribution < -0.4 is 0 Å². The lowest BCUT2D eigenvalue weighted by atomic mass is 10.0. The molecule has 3 heterocycles. The smallest absolute Gasteiger partial charge is 0.410 e. The zero-order chi connectivity index (χ0) is 19.3. The molecule has 0 aliphatic carbocycles. The molecule has 1 atom stereocenters. The topological polar surface area (TPSA) is 69.5 Å². The van der Waals surface area contributed by atoms with Crippen LogP contribution in [0.1, 0.15) is 30.4 Å². The van der Waals surface area contributed by atoms with Gasteiger partial charge in [-0.1, -0.05) is 23.1 Å². The van der Waals surface area contributed by atoms with Gasteiger partial charge in [-0.15, -0.1) is 5.10 Å². The Morgan fingerprint density at radius 1 is 1.29 bits per heavy atom. The van der Waals surface area contributed by atoms with Crippen LogP contribution in [0.5, 0.6) is 0 Å². The number of carbonyl (C=O) groups is 1. The van der Waals surface area contributed by atoms with Gasteiger partial charge in [0.15, 0.2) is 0 Å². The summed E-state index contributed by atoms with van der Waals surface area (Å²) in [7, 11) is 0. The number of nitrogens with zero attached hydrogens (tertiary/aromatic N) is 4. The summed E-state index contributed by atoms with van der Waals surface area (Å²) in [6.07, 6.45) is 5.36. The van der Waals surface area contributed by atoms with Crippen molar-refractivity contribution in [1.29, 1.82) is 0 Å². The lowest BCUT2D eigenvalue weighted by Crippen LogP contribution is -2.24. The zero-order valence-electron chi connectivity index (χ0n) is 16.1. The molecule has 4 rings (SSSR count). The van der Waals surface area contributed by atoms with Crippen LogP contribution in [0.2, 0.25) is 0 Å². The number of hydrogen-bond donors (Lipinski definition) is 0. The first-order valence-electron chi connectivity index (χ1n) is 9.72. The van der Waals surface area contributed by atoms with E-state index >= 15 is 0 Å². The van der Waals surface area contributed by atoms with Gasteiger partial charge in [-0.3, -0.25) is 4.90 Å². The Balaban J connectivity index is 1.41. The second-order valence-corrected chi connectivity index (χ2v) is 7.18. The largest absolute Gasteiger partial charge is 0.448 e. The van der Waals surface area contributed by atoms with Gasteiger partial charge in [0.2, 0.25) is 0 Å². The summed E-state index contributed by atoms with van der Waals surface area (Å²) in [5.41, 5.74) is 3.90. The minimum absolute atomic E-state index is 0.231. The maximum absolute atomic E-state index is 11.4. The Morgan fingerprint density at radius 2 is 2.21 bits per heavy atom. The maximum Gasteiger partial charge on any atom is 0.410 e. The van der Waals surface area contributed by atoms with Gasteiger partial charge < -0.3 is 9.47 Å². The van der Waals surface area contributed by atoms with Gasteiger partial charge in [-0.2, -0.15) is 0 Å².